The van der Waals surface area contributed by atoms with Crippen LogP contribution in [0.1, 0.15) is 80.1 Å². The van der Waals surface area contributed by atoms with Gasteiger partial charge in [0.15, 0.2) is 0 Å². The van der Waals surface area contributed by atoms with Gasteiger partial charge in [0.1, 0.15) is 5.82 Å². The minimum absolute atomic E-state index is 0.00657. The highest BCUT2D eigenvalue weighted by Gasteiger charge is 2.35. The van der Waals surface area contributed by atoms with Crippen molar-refractivity contribution in [3.8, 4) is 0 Å². The number of rotatable bonds is 4. The van der Waals surface area contributed by atoms with Gasteiger partial charge in [-0.25, -0.2) is 9.18 Å². The van der Waals surface area contributed by atoms with Gasteiger partial charge in [-0.3, -0.25) is 0 Å². The van der Waals surface area contributed by atoms with Gasteiger partial charge in [0.05, 0.1) is 12.7 Å². The Morgan fingerprint density at radius 3 is 2.61 bits per heavy atom. The summed E-state index contributed by atoms with van der Waals surface area (Å²) in [4.78, 5) is 11.7. The molecular weight excluding hydrogens is 351 g/mol. The Morgan fingerprint density at radius 1 is 1.04 bits per heavy atom. The van der Waals surface area contributed by atoms with Gasteiger partial charge in [0.25, 0.3) is 0 Å². The van der Waals surface area contributed by atoms with E-state index in [2.05, 4.69) is 23.8 Å². The average Bonchev–Trinajstić information content (AvgIpc) is 2.72. The number of ether oxygens (including phenoxy) is 1. The molecule has 0 saturated heterocycles. The highest BCUT2D eigenvalue weighted by atomic mass is 19.1. The highest BCUT2D eigenvalue weighted by Crippen LogP contribution is 2.48. The van der Waals surface area contributed by atoms with E-state index in [1.54, 1.807) is 6.07 Å². The molecule has 2 unspecified atom stereocenters. The lowest BCUT2D eigenvalue weighted by Gasteiger charge is -2.42. The van der Waals surface area contributed by atoms with Crippen LogP contribution >= 0.6 is 0 Å². The van der Waals surface area contributed by atoms with Crippen LogP contribution in [0.25, 0.3) is 10.8 Å². The van der Waals surface area contributed by atoms with Gasteiger partial charge in [0, 0.05) is 0 Å². The quantitative estimate of drug-likeness (QED) is 0.540. The highest BCUT2D eigenvalue weighted by molar-refractivity contribution is 5.95. The first-order valence-corrected chi connectivity index (χ1v) is 10.9. The van der Waals surface area contributed by atoms with Gasteiger partial charge in [-0.2, -0.15) is 0 Å². The molecule has 0 heterocycles. The summed E-state index contributed by atoms with van der Waals surface area (Å²) in [7, 11) is 1.28. The van der Waals surface area contributed by atoms with Crippen LogP contribution in [0.4, 0.5) is 4.39 Å². The van der Waals surface area contributed by atoms with Crippen LogP contribution in [0.15, 0.2) is 30.3 Å². The van der Waals surface area contributed by atoms with Gasteiger partial charge in [-0.05, 0) is 84.2 Å². The van der Waals surface area contributed by atoms with E-state index >= 15 is 0 Å². The molecule has 2 aromatic carbocycles. The Kier molecular flexibility index (Phi) is 5.70. The molecule has 3 heteroatoms. The first-order chi connectivity index (χ1) is 13.6. The minimum atomic E-state index is -0.625. The number of benzene rings is 2. The summed E-state index contributed by atoms with van der Waals surface area (Å²) in [5, 5.41) is 1.76. The molecule has 0 aliphatic heterocycles. The molecular formula is C25H31FO2. The number of halogens is 1. The molecule has 0 spiro atoms. The lowest BCUT2D eigenvalue weighted by molar-refractivity contribution is 0.0595. The Bertz CT molecular complexity index is 859. The Hall–Kier alpha value is -1.90. The fourth-order valence-electron chi connectivity index (χ4n) is 5.77. The fourth-order valence-corrected chi connectivity index (χ4v) is 5.77. The maximum atomic E-state index is 14.4. The van der Waals surface area contributed by atoms with Gasteiger partial charge < -0.3 is 4.74 Å². The topological polar surface area (TPSA) is 26.3 Å². The van der Waals surface area contributed by atoms with Crippen molar-refractivity contribution in [1.29, 1.82) is 0 Å². The van der Waals surface area contributed by atoms with E-state index in [0.29, 0.717) is 5.92 Å². The Balaban J connectivity index is 1.51. The fraction of sp³-hybridized carbons (Fsp3) is 0.560. The molecule has 2 fully saturated rings. The van der Waals surface area contributed by atoms with Crippen molar-refractivity contribution in [3.63, 3.8) is 0 Å². The largest absolute Gasteiger partial charge is 0.465 e. The summed E-state index contributed by atoms with van der Waals surface area (Å²) >= 11 is 0. The van der Waals surface area contributed by atoms with Crippen molar-refractivity contribution in [2.75, 3.05) is 7.11 Å². The van der Waals surface area contributed by atoms with Gasteiger partial charge in [-0.15, -0.1) is 0 Å². The molecule has 0 radical (unpaired) electrons. The normalized spacial score (nSPS) is 27.4. The first-order valence-electron chi connectivity index (χ1n) is 10.9. The van der Waals surface area contributed by atoms with Crippen molar-refractivity contribution in [2.24, 2.45) is 17.8 Å². The summed E-state index contributed by atoms with van der Waals surface area (Å²) in [5.74, 6) is 2.19. The van der Waals surface area contributed by atoms with Gasteiger partial charge >= 0.3 is 5.97 Å². The molecule has 2 aromatic rings. The molecule has 0 amide bonds. The molecule has 0 bridgehead atoms. The first kappa shape index (κ1) is 19.4. The lowest BCUT2D eigenvalue weighted by Crippen LogP contribution is -2.30. The summed E-state index contributed by atoms with van der Waals surface area (Å²) in [6, 6.07) is 9.42. The molecule has 4 rings (SSSR count). The van der Waals surface area contributed by atoms with E-state index in [1.165, 1.54) is 70.1 Å². The van der Waals surface area contributed by atoms with Gasteiger partial charge in [-0.1, -0.05) is 44.4 Å². The zero-order chi connectivity index (χ0) is 19.7. The number of carbonyl (C=O) groups is 1. The molecule has 150 valence electrons. The summed E-state index contributed by atoms with van der Waals surface area (Å²) in [6.45, 7) is 2.31. The Labute approximate surface area is 167 Å². The average molecular weight is 383 g/mol. The van der Waals surface area contributed by atoms with Crippen LogP contribution < -0.4 is 0 Å². The third kappa shape index (κ3) is 3.81. The Morgan fingerprint density at radius 2 is 1.82 bits per heavy atom. The SMILES string of the molecule is CCCC1CC[C@@H]2CC(c3ccc4cc(C(=O)OC)c(F)cc4c3)CC[C@H]2C1. The predicted octanol–water partition coefficient (Wildman–Crippen LogP) is 6.87. The second-order valence-electron chi connectivity index (χ2n) is 8.93. The molecule has 2 nitrogen and oxygen atoms in total. The van der Waals surface area contributed by atoms with Crippen molar-refractivity contribution in [1.82, 2.24) is 0 Å². The van der Waals surface area contributed by atoms with Crippen LogP contribution in [0.5, 0.6) is 0 Å². The molecule has 2 saturated carbocycles. The number of hydrogen-bond donors (Lipinski definition) is 0. The minimum Gasteiger partial charge on any atom is -0.465 e. The maximum absolute atomic E-state index is 14.4. The number of esters is 1. The standard InChI is InChI=1S/C25H31FO2/c1-3-4-16-5-6-18-12-19(8-7-17(18)11-16)20-9-10-21-14-23(25(27)28-2)24(26)15-22(21)13-20/h9-10,13-19H,3-8,11-12H2,1-2H3/t16?,17-,18+,19?/m0/s1. The number of fused-ring (bicyclic) bond motifs is 2. The summed E-state index contributed by atoms with van der Waals surface area (Å²) in [5.41, 5.74) is 1.33. The molecule has 2 aliphatic carbocycles. The number of hydrogen-bond acceptors (Lipinski definition) is 2. The third-order valence-corrected chi connectivity index (χ3v) is 7.25. The zero-order valence-corrected chi connectivity index (χ0v) is 17.0. The van der Waals surface area contributed by atoms with Crippen LogP contribution in [0, 0.1) is 23.6 Å². The van der Waals surface area contributed by atoms with E-state index in [1.807, 2.05) is 6.07 Å². The summed E-state index contributed by atoms with van der Waals surface area (Å²) in [6.07, 6.45) is 10.8. The number of methoxy groups -OCH3 is 1. The van der Waals surface area contributed by atoms with E-state index in [-0.39, 0.29) is 5.56 Å². The molecule has 4 atom stereocenters. The predicted molar refractivity (Wildman–Crippen MR) is 111 cm³/mol. The van der Waals surface area contributed by atoms with Crippen molar-refractivity contribution >= 4 is 16.7 Å². The van der Waals surface area contributed by atoms with Crippen LogP contribution in [-0.4, -0.2) is 13.1 Å². The zero-order valence-electron chi connectivity index (χ0n) is 17.0. The summed E-state index contributed by atoms with van der Waals surface area (Å²) < 4.78 is 19.0. The number of carbonyl (C=O) groups excluding carboxylic acids is 1. The van der Waals surface area contributed by atoms with E-state index in [4.69, 9.17) is 0 Å². The van der Waals surface area contributed by atoms with Crippen LogP contribution in [-0.2, 0) is 4.74 Å². The third-order valence-electron chi connectivity index (χ3n) is 7.25. The van der Waals surface area contributed by atoms with Crippen molar-refractivity contribution in [2.45, 2.75) is 64.2 Å². The smallest absolute Gasteiger partial charge is 0.340 e. The van der Waals surface area contributed by atoms with Crippen LogP contribution in [0.3, 0.4) is 0 Å². The van der Waals surface area contributed by atoms with Crippen molar-refractivity contribution in [3.05, 3.63) is 47.3 Å². The second-order valence-corrected chi connectivity index (χ2v) is 8.93. The van der Waals surface area contributed by atoms with Crippen LogP contribution in [0.2, 0.25) is 0 Å². The van der Waals surface area contributed by atoms with E-state index < -0.39 is 11.8 Å². The monoisotopic (exact) mass is 382 g/mol. The molecule has 2 aliphatic rings. The van der Waals surface area contributed by atoms with E-state index in [9.17, 15) is 9.18 Å². The second kappa shape index (κ2) is 8.23. The van der Waals surface area contributed by atoms with E-state index in [0.717, 1.165) is 28.5 Å². The van der Waals surface area contributed by atoms with Gasteiger partial charge in [0.2, 0.25) is 0 Å². The molecule has 0 N–H and O–H groups in total. The van der Waals surface area contributed by atoms with Crippen molar-refractivity contribution < 1.29 is 13.9 Å². The molecule has 28 heavy (non-hydrogen) atoms. The molecule has 0 aromatic heterocycles. The lowest BCUT2D eigenvalue weighted by atomic mass is 9.63. The maximum Gasteiger partial charge on any atom is 0.340 e.